The van der Waals surface area contributed by atoms with E-state index in [1.165, 1.54) is 24.2 Å². The first-order chi connectivity index (χ1) is 19.1. The molecule has 2 aromatic heterocycles. The molecule has 0 radical (unpaired) electrons. The second-order valence-corrected chi connectivity index (χ2v) is 10.2. The second kappa shape index (κ2) is 12.9. The molecule has 200 valence electrons. The minimum atomic E-state index is -0.596. The number of ether oxygens (including phenoxy) is 2. The molecule has 0 aliphatic carbocycles. The molecule has 8 nitrogen and oxygen atoms in total. The summed E-state index contributed by atoms with van der Waals surface area (Å²) in [7, 11) is 0. The van der Waals surface area contributed by atoms with Gasteiger partial charge in [-0.25, -0.2) is 0 Å². The number of benzene rings is 2. The summed E-state index contributed by atoms with van der Waals surface area (Å²) in [5, 5.41) is 25.0. The third-order valence-electron chi connectivity index (χ3n) is 6.45. The number of aromatic nitrogens is 2. The molecular weight excluding hydrogens is 514 g/mol. The highest BCUT2D eigenvalue weighted by Gasteiger charge is 2.32. The maximum absolute atomic E-state index is 12.3. The highest BCUT2D eigenvalue weighted by Crippen LogP contribution is 2.39. The minimum Gasteiger partial charge on any atom is -0.618 e. The van der Waals surface area contributed by atoms with Gasteiger partial charge in [-0.3, -0.25) is 9.78 Å². The van der Waals surface area contributed by atoms with E-state index >= 15 is 0 Å². The number of nitrogens with zero attached hydrogens (tertiary/aromatic N) is 2. The zero-order valence-corrected chi connectivity index (χ0v) is 22.0. The molecule has 1 fully saturated rings. The van der Waals surface area contributed by atoms with Crippen LogP contribution in [0.1, 0.15) is 51.4 Å². The summed E-state index contributed by atoms with van der Waals surface area (Å²) in [6.45, 7) is 0.365. The monoisotopic (exact) mass is 543 g/mol. The SMILES string of the molecule is O=C(NCc1ccc(C2OC(CSc3cccc[n+]3[O-])CC(c3ccc(CO)cc3)O2)cc1)c1cccnc1. The zero-order chi connectivity index (χ0) is 27.0. The molecule has 3 atom stereocenters. The topological polar surface area (TPSA) is 108 Å². The lowest BCUT2D eigenvalue weighted by molar-refractivity contribution is -0.645. The summed E-state index contributed by atoms with van der Waals surface area (Å²) in [6, 6.07) is 24.3. The number of nitrogens with one attached hydrogen (secondary N) is 1. The molecule has 2 aromatic carbocycles. The zero-order valence-electron chi connectivity index (χ0n) is 21.2. The quantitative estimate of drug-likeness (QED) is 0.182. The van der Waals surface area contributed by atoms with E-state index in [9.17, 15) is 15.1 Å². The Bertz CT molecular complexity index is 1370. The van der Waals surface area contributed by atoms with E-state index in [0.717, 1.165) is 27.0 Å². The Labute approximate surface area is 231 Å². The third kappa shape index (κ3) is 7.01. The first kappa shape index (κ1) is 26.8. The van der Waals surface area contributed by atoms with Gasteiger partial charge in [-0.05, 0) is 34.9 Å². The first-order valence-corrected chi connectivity index (χ1v) is 13.7. The summed E-state index contributed by atoms with van der Waals surface area (Å²) < 4.78 is 13.6. The Morgan fingerprint density at radius 1 is 1.00 bits per heavy atom. The largest absolute Gasteiger partial charge is 0.618 e. The number of hydrogen-bond acceptors (Lipinski definition) is 7. The van der Waals surface area contributed by atoms with Crippen LogP contribution in [-0.2, 0) is 22.6 Å². The van der Waals surface area contributed by atoms with E-state index in [4.69, 9.17) is 9.47 Å². The molecule has 1 saturated heterocycles. The fourth-order valence-electron chi connectivity index (χ4n) is 4.30. The molecule has 4 aromatic rings. The number of aliphatic hydroxyl groups is 1. The summed E-state index contributed by atoms with van der Waals surface area (Å²) in [6.07, 6.45) is 4.32. The lowest BCUT2D eigenvalue weighted by Crippen LogP contribution is -2.32. The van der Waals surface area contributed by atoms with Gasteiger partial charge in [-0.1, -0.05) is 60.3 Å². The van der Waals surface area contributed by atoms with Gasteiger partial charge in [0.25, 0.3) is 10.9 Å². The Morgan fingerprint density at radius 3 is 2.49 bits per heavy atom. The molecule has 1 aliphatic rings. The van der Waals surface area contributed by atoms with Crippen molar-refractivity contribution in [3.05, 3.63) is 130 Å². The average Bonchev–Trinajstić information content (AvgIpc) is 3.00. The van der Waals surface area contributed by atoms with E-state index in [2.05, 4.69) is 10.3 Å². The maximum atomic E-state index is 12.3. The van der Waals surface area contributed by atoms with Crippen molar-refractivity contribution in [2.24, 2.45) is 0 Å². The van der Waals surface area contributed by atoms with Crippen molar-refractivity contribution in [3.8, 4) is 0 Å². The third-order valence-corrected chi connectivity index (χ3v) is 7.60. The standard InChI is InChI=1S/C30H29N3O5S/c34-19-22-8-10-23(11-9-22)27-16-26(20-39-28-5-1-2-15-33(28)36)37-30(38-27)24-12-6-21(7-13-24)17-32-29(35)25-4-3-14-31-18-25/h1-15,18,26-27,30,34H,16-17,19-20H2,(H,32,35). The number of rotatable bonds is 9. The molecule has 39 heavy (non-hydrogen) atoms. The number of amides is 1. The molecule has 5 rings (SSSR count). The molecule has 0 saturated carbocycles. The van der Waals surface area contributed by atoms with Gasteiger partial charge in [0.15, 0.2) is 12.5 Å². The molecule has 0 bridgehead atoms. The first-order valence-electron chi connectivity index (χ1n) is 12.7. The van der Waals surface area contributed by atoms with E-state index in [1.54, 1.807) is 30.5 Å². The molecule has 3 heterocycles. The Morgan fingerprint density at radius 2 is 1.77 bits per heavy atom. The van der Waals surface area contributed by atoms with Crippen LogP contribution in [0.5, 0.6) is 0 Å². The van der Waals surface area contributed by atoms with Crippen LogP contribution in [0.2, 0.25) is 0 Å². The van der Waals surface area contributed by atoms with E-state index in [1.807, 2.05) is 54.6 Å². The van der Waals surface area contributed by atoms with Crippen molar-refractivity contribution >= 4 is 17.7 Å². The van der Waals surface area contributed by atoms with Crippen LogP contribution < -0.4 is 10.0 Å². The number of thioether (sulfide) groups is 1. The van der Waals surface area contributed by atoms with Crippen molar-refractivity contribution in [2.75, 3.05) is 5.75 Å². The Hall–Kier alpha value is -3.76. The van der Waals surface area contributed by atoms with Gasteiger partial charge in [-0.2, -0.15) is 4.73 Å². The van der Waals surface area contributed by atoms with Crippen molar-refractivity contribution in [1.82, 2.24) is 10.3 Å². The van der Waals surface area contributed by atoms with E-state index in [0.29, 0.717) is 29.3 Å². The van der Waals surface area contributed by atoms with Crippen LogP contribution in [0.25, 0.3) is 0 Å². The van der Waals surface area contributed by atoms with Gasteiger partial charge in [0, 0.05) is 48.8 Å². The normalized spacial score (nSPS) is 18.9. The molecular formula is C30H29N3O5S. The minimum absolute atomic E-state index is 0.0158. The van der Waals surface area contributed by atoms with Crippen LogP contribution in [-0.4, -0.2) is 27.9 Å². The average molecular weight is 544 g/mol. The van der Waals surface area contributed by atoms with Gasteiger partial charge in [0.2, 0.25) is 0 Å². The van der Waals surface area contributed by atoms with Crippen LogP contribution in [0.4, 0.5) is 0 Å². The van der Waals surface area contributed by atoms with Crippen LogP contribution in [0.15, 0.2) is 102 Å². The van der Waals surface area contributed by atoms with Gasteiger partial charge < -0.3 is 25.1 Å². The van der Waals surface area contributed by atoms with Crippen molar-refractivity contribution in [2.45, 2.75) is 43.1 Å². The van der Waals surface area contributed by atoms with Crippen LogP contribution >= 0.6 is 11.8 Å². The number of pyridine rings is 2. The van der Waals surface area contributed by atoms with Gasteiger partial charge in [-0.15, -0.1) is 0 Å². The van der Waals surface area contributed by atoms with Crippen LogP contribution in [0.3, 0.4) is 0 Å². The predicted molar refractivity (Wildman–Crippen MR) is 146 cm³/mol. The summed E-state index contributed by atoms with van der Waals surface area (Å²) in [5.41, 5.74) is 4.16. The summed E-state index contributed by atoms with van der Waals surface area (Å²) in [5.74, 6) is 0.412. The second-order valence-electron chi connectivity index (χ2n) is 9.19. The molecule has 9 heteroatoms. The highest BCUT2D eigenvalue weighted by molar-refractivity contribution is 7.99. The maximum Gasteiger partial charge on any atom is 0.253 e. The molecule has 0 spiro atoms. The van der Waals surface area contributed by atoms with Crippen molar-refractivity contribution in [3.63, 3.8) is 0 Å². The van der Waals surface area contributed by atoms with E-state index in [-0.39, 0.29) is 24.7 Å². The lowest BCUT2D eigenvalue weighted by atomic mass is 10.0. The highest BCUT2D eigenvalue weighted by atomic mass is 32.2. The fraction of sp³-hybridized carbons (Fsp3) is 0.233. The predicted octanol–water partition coefficient (Wildman–Crippen LogP) is 4.48. The Kier molecular flexibility index (Phi) is 8.85. The molecule has 1 aliphatic heterocycles. The lowest BCUT2D eigenvalue weighted by Gasteiger charge is -2.36. The van der Waals surface area contributed by atoms with Crippen molar-refractivity contribution in [1.29, 1.82) is 0 Å². The number of carbonyl (C=O) groups is 1. The molecule has 1 amide bonds. The summed E-state index contributed by atoms with van der Waals surface area (Å²) >= 11 is 1.46. The van der Waals surface area contributed by atoms with Gasteiger partial charge in [0.1, 0.15) is 0 Å². The summed E-state index contributed by atoms with van der Waals surface area (Å²) in [4.78, 5) is 16.3. The number of aliphatic hydroxyl groups excluding tert-OH is 1. The smallest absolute Gasteiger partial charge is 0.253 e. The molecule has 2 N–H and O–H groups in total. The number of hydrogen-bond donors (Lipinski definition) is 2. The number of carbonyl (C=O) groups excluding carboxylic acids is 1. The fourth-order valence-corrected chi connectivity index (χ4v) is 5.23. The van der Waals surface area contributed by atoms with Gasteiger partial charge in [0.05, 0.1) is 24.4 Å². The molecule has 3 unspecified atom stereocenters. The van der Waals surface area contributed by atoms with Crippen molar-refractivity contribution < 1.29 is 24.1 Å². The Balaban J connectivity index is 1.28. The van der Waals surface area contributed by atoms with E-state index < -0.39 is 6.29 Å². The van der Waals surface area contributed by atoms with Crippen LogP contribution in [0, 0.1) is 5.21 Å². The van der Waals surface area contributed by atoms with Gasteiger partial charge >= 0.3 is 0 Å².